The molecule has 0 bridgehead atoms. The lowest BCUT2D eigenvalue weighted by Crippen LogP contribution is -2.47. The summed E-state index contributed by atoms with van der Waals surface area (Å²) in [5.74, 6) is -0.355. The van der Waals surface area contributed by atoms with E-state index in [0.717, 1.165) is 0 Å². The number of hydrogen-bond acceptors (Lipinski definition) is 10. The molecule has 2 saturated heterocycles. The summed E-state index contributed by atoms with van der Waals surface area (Å²) >= 11 is 4.48. The van der Waals surface area contributed by atoms with Crippen molar-refractivity contribution in [2.24, 2.45) is 16.6 Å². The topological polar surface area (TPSA) is 213 Å². The van der Waals surface area contributed by atoms with Gasteiger partial charge in [-0.3, -0.25) is 29.9 Å². The van der Waals surface area contributed by atoms with Crippen molar-refractivity contribution in [2.45, 2.75) is 37.3 Å². The van der Waals surface area contributed by atoms with Gasteiger partial charge in [0.2, 0.25) is 5.91 Å². The fourth-order valence-corrected chi connectivity index (χ4v) is 5.26. The summed E-state index contributed by atoms with van der Waals surface area (Å²) < 4.78 is 10.4. The van der Waals surface area contributed by atoms with Crippen molar-refractivity contribution in [2.75, 3.05) is 26.2 Å². The van der Waals surface area contributed by atoms with Gasteiger partial charge >= 0.3 is 12.2 Å². The Labute approximate surface area is 256 Å². The van der Waals surface area contributed by atoms with Gasteiger partial charge in [-0.15, -0.1) is 4.99 Å². The lowest BCUT2D eigenvalue weighted by atomic mass is 10.1. The van der Waals surface area contributed by atoms with Crippen molar-refractivity contribution in [3.63, 3.8) is 0 Å². The maximum atomic E-state index is 13.4. The standard InChI is InChI=1S/C27H31N7O9S/c28-25(30-26(36)42-15-17-1-5-20(6-2-17)33(38)39)29-12-19-9-10-31(13-19)24(35)23-11-22(44)14-32(23)27(37)43-16-18-3-7-21(8-4-18)34(40)41/h1-8,19,22-23,44H,9-16H2,(H3,28,29,30,36)/t19-,22+,23+/m1/s1. The second-order valence-corrected chi connectivity index (χ2v) is 11.1. The Morgan fingerprint density at radius 2 is 1.52 bits per heavy atom. The zero-order valence-corrected chi connectivity index (χ0v) is 24.3. The summed E-state index contributed by atoms with van der Waals surface area (Å²) in [6.45, 7) is 1.22. The van der Waals surface area contributed by atoms with Gasteiger partial charge in [0, 0.05) is 55.7 Å². The average molecular weight is 630 g/mol. The highest BCUT2D eigenvalue weighted by atomic mass is 32.1. The van der Waals surface area contributed by atoms with Gasteiger partial charge < -0.3 is 25.4 Å². The van der Waals surface area contributed by atoms with E-state index in [-0.39, 0.29) is 54.2 Å². The smallest absolute Gasteiger partial charge is 0.437 e. The average Bonchev–Trinajstić information content (AvgIpc) is 3.64. The molecule has 0 aromatic heterocycles. The van der Waals surface area contributed by atoms with Crippen molar-refractivity contribution in [1.82, 2.24) is 15.1 Å². The van der Waals surface area contributed by atoms with Crippen LogP contribution in [0.3, 0.4) is 0 Å². The molecule has 17 heteroatoms. The predicted molar refractivity (Wildman–Crippen MR) is 159 cm³/mol. The van der Waals surface area contributed by atoms with Crippen LogP contribution >= 0.6 is 12.6 Å². The first-order chi connectivity index (χ1) is 21.0. The number of guanidine groups is 1. The van der Waals surface area contributed by atoms with Gasteiger partial charge in [0.05, 0.1) is 9.85 Å². The molecule has 0 radical (unpaired) electrons. The molecule has 2 aromatic rings. The van der Waals surface area contributed by atoms with Crippen LogP contribution in [0.4, 0.5) is 21.0 Å². The molecular formula is C27H31N7O9S. The molecule has 0 saturated carbocycles. The van der Waals surface area contributed by atoms with Crippen LogP contribution < -0.4 is 11.1 Å². The van der Waals surface area contributed by atoms with Crippen molar-refractivity contribution >= 4 is 48.1 Å². The zero-order chi connectivity index (χ0) is 31.8. The summed E-state index contributed by atoms with van der Waals surface area (Å²) in [4.78, 5) is 65.4. The molecule has 2 aliphatic rings. The molecule has 3 atom stereocenters. The summed E-state index contributed by atoms with van der Waals surface area (Å²) in [6.07, 6.45) is -0.562. The number of thiol groups is 1. The van der Waals surface area contributed by atoms with Gasteiger partial charge in [0.1, 0.15) is 19.3 Å². The highest BCUT2D eigenvalue weighted by Crippen LogP contribution is 2.27. The van der Waals surface area contributed by atoms with Crippen molar-refractivity contribution < 1.29 is 33.7 Å². The molecule has 3 N–H and O–H groups in total. The third kappa shape index (κ3) is 8.56. The molecule has 4 rings (SSSR count). The quantitative estimate of drug-likeness (QED) is 0.121. The molecule has 2 heterocycles. The zero-order valence-electron chi connectivity index (χ0n) is 23.4. The lowest BCUT2D eigenvalue weighted by molar-refractivity contribution is -0.385. The molecule has 2 aliphatic heterocycles. The number of likely N-dealkylation sites (tertiary alicyclic amines) is 2. The van der Waals surface area contributed by atoms with E-state index in [1.807, 2.05) is 0 Å². The van der Waals surface area contributed by atoms with Crippen LogP contribution in [0.2, 0.25) is 0 Å². The van der Waals surface area contributed by atoms with Crippen LogP contribution in [-0.2, 0) is 27.5 Å². The number of nitro groups is 2. The van der Waals surface area contributed by atoms with Gasteiger partial charge in [-0.25, -0.2) is 9.59 Å². The summed E-state index contributed by atoms with van der Waals surface area (Å²) in [5, 5.41) is 24.2. The molecule has 16 nitrogen and oxygen atoms in total. The maximum Gasteiger partial charge on any atom is 0.437 e. The molecule has 0 spiro atoms. The number of benzene rings is 2. The van der Waals surface area contributed by atoms with Gasteiger partial charge in [0.25, 0.3) is 11.4 Å². The second-order valence-electron chi connectivity index (χ2n) is 10.3. The Bertz CT molecular complexity index is 1420. The second kappa shape index (κ2) is 14.5. The van der Waals surface area contributed by atoms with Gasteiger partial charge in [0.15, 0.2) is 5.96 Å². The minimum Gasteiger partial charge on any atom is -0.445 e. The van der Waals surface area contributed by atoms with E-state index < -0.39 is 28.1 Å². The third-order valence-corrected chi connectivity index (χ3v) is 7.57. The number of nitrogens with one attached hydrogen (secondary N) is 1. The van der Waals surface area contributed by atoms with Gasteiger partial charge in [-0.1, -0.05) is 0 Å². The number of carbonyl (C=O) groups excluding carboxylic acids is 3. The van der Waals surface area contributed by atoms with Gasteiger partial charge in [-0.2, -0.15) is 12.6 Å². The van der Waals surface area contributed by atoms with Crippen LogP contribution in [0.15, 0.2) is 53.5 Å². The van der Waals surface area contributed by atoms with Crippen LogP contribution in [0.5, 0.6) is 0 Å². The number of hydrogen-bond donors (Lipinski definition) is 3. The maximum absolute atomic E-state index is 13.4. The number of amides is 3. The summed E-state index contributed by atoms with van der Waals surface area (Å²) in [6, 6.07) is 10.5. The fraction of sp³-hybridized carbons (Fsp3) is 0.407. The summed E-state index contributed by atoms with van der Waals surface area (Å²) in [7, 11) is 0. The molecule has 2 aromatic carbocycles. The van der Waals surface area contributed by atoms with E-state index in [0.29, 0.717) is 43.6 Å². The number of carbonyl (C=O) groups is 3. The number of nitrogens with zero attached hydrogens (tertiary/aromatic N) is 5. The van der Waals surface area contributed by atoms with E-state index >= 15 is 0 Å². The largest absolute Gasteiger partial charge is 0.445 e. The van der Waals surface area contributed by atoms with E-state index in [2.05, 4.69) is 22.9 Å². The normalized spacial score (nSPS) is 19.8. The Morgan fingerprint density at radius 1 is 0.955 bits per heavy atom. The number of non-ortho nitro benzene ring substituents is 2. The van der Waals surface area contributed by atoms with Crippen LogP contribution in [0.25, 0.3) is 0 Å². The third-order valence-electron chi connectivity index (χ3n) is 7.20. The molecule has 3 amide bonds. The number of ether oxygens (including phenoxy) is 2. The van der Waals surface area contributed by atoms with Crippen LogP contribution in [0, 0.1) is 26.1 Å². The summed E-state index contributed by atoms with van der Waals surface area (Å²) in [5.41, 5.74) is 6.78. The number of aliphatic imine (C=N–C) groups is 1. The minimum absolute atomic E-state index is 0.0135. The molecule has 234 valence electrons. The van der Waals surface area contributed by atoms with Crippen LogP contribution in [-0.4, -0.2) is 81.2 Å². The molecular weight excluding hydrogens is 598 g/mol. The first kappa shape index (κ1) is 32.0. The van der Waals surface area contributed by atoms with Crippen molar-refractivity contribution in [3.8, 4) is 0 Å². The van der Waals surface area contributed by atoms with Crippen molar-refractivity contribution in [3.05, 3.63) is 79.9 Å². The molecule has 44 heavy (non-hydrogen) atoms. The molecule has 0 unspecified atom stereocenters. The Morgan fingerprint density at radius 3 is 2.09 bits per heavy atom. The van der Waals surface area contributed by atoms with E-state index in [1.54, 1.807) is 4.90 Å². The molecule has 2 fully saturated rings. The fourth-order valence-electron chi connectivity index (χ4n) is 4.88. The Hall–Kier alpha value is -4.93. The lowest BCUT2D eigenvalue weighted by Gasteiger charge is -2.27. The predicted octanol–water partition coefficient (Wildman–Crippen LogP) is 2.60. The SMILES string of the molecule is NC(=NC(=O)OCc1ccc([N+](=O)[O-])cc1)NC[C@H]1CCN(C(=O)[C@@H]2C[C@H](S)CN2C(=O)OCc2ccc([N+](=O)[O-])cc2)C1. The Balaban J connectivity index is 1.21. The van der Waals surface area contributed by atoms with Crippen molar-refractivity contribution in [1.29, 1.82) is 0 Å². The number of nitrogens with two attached hydrogens (primary N) is 1. The van der Waals surface area contributed by atoms with E-state index in [1.165, 1.54) is 53.4 Å². The first-order valence-corrected chi connectivity index (χ1v) is 14.1. The number of nitro benzene ring substituents is 2. The minimum atomic E-state index is -0.931. The highest BCUT2D eigenvalue weighted by Gasteiger charge is 2.42. The monoisotopic (exact) mass is 629 g/mol. The Kier molecular flexibility index (Phi) is 10.5. The number of rotatable bonds is 9. The highest BCUT2D eigenvalue weighted by molar-refractivity contribution is 7.81. The van der Waals surface area contributed by atoms with Gasteiger partial charge in [-0.05, 0) is 54.2 Å². The van der Waals surface area contributed by atoms with E-state index in [9.17, 15) is 34.6 Å². The first-order valence-electron chi connectivity index (χ1n) is 13.6. The van der Waals surface area contributed by atoms with Crippen LogP contribution in [0.1, 0.15) is 24.0 Å². The van der Waals surface area contributed by atoms with E-state index in [4.69, 9.17) is 15.2 Å². The molecule has 0 aliphatic carbocycles.